The highest BCUT2D eigenvalue weighted by molar-refractivity contribution is 7.89. The molecule has 4 rings (SSSR count). The second-order valence-electron chi connectivity index (χ2n) is 8.30. The molecule has 0 spiro atoms. The maximum atomic E-state index is 13.0. The number of amides is 1. The number of nitrogens with zero attached hydrogens (tertiary/aromatic N) is 3. The lowest BCUT2D eigenvalue weighted by atomic mass is 9.88. The molecule has 1 aromatic heterocycles. The number of hydrogen-bond donors (Lipinski definition) is 1. The molecule has 1 amide bonds. The van der Waals surface area contributed by atoms with Crippen LogP contribution in [0.25, 0.3) is 0 Å². The van der Waals surface area contributed by atoms with E-state index in [1.54, 1.807) is 22.8 Å². The molecular formula is C22H30N4O3S. The predicted octanol–water partition coefficient (Wildman–Crippen LogP) is 2.87. The van der Waals surface area contributed by atoms with Crippen molar-refractivity contribution in [3.63, 3.8) is 0 Å². The lowest BCUT2D eigenvalue weighted by molar-refractivity contribution is -0.122. The third-order valence-corrected chi connectivity index (χ3v) is 8.39. The summed E-state index contributed by atoms with van der Waals surface area (Å²) < 4.78 is 29.2. The largest absolute Gasteiger partial charge is 0.349 e. The van der Waals surface area contributed by atoms with Crippen molar-refractivity contribution in [2.75, 3.05) is 13.1 Å². The molecule has 1 fully saturated rings. The van der Waals surface area contributed by atoms with Crippen LogP contribution in [0.15, 0.2) is 29.2 Å². The molecule has 2 aromatic rings. The fraction of sp³-hybridized carbons (Fsp3) is 0.545. The minimum atomic E-state index is -3.52. The number of carbonyl (C=O) groups is 1. The molecule has 0 radical (unpaired) electrons. The Morgan fingerprint density at radius 2 is 1.90 bits per heavy atom. The van der Waals surface area contributed by atoms with Crippen molar-refractivity contribution >= 4 is 15.9 Å². The van der Waals surface area contributed by atoms with Gasteiger partial charge in [0.15, 0.2) is 0 Å². The van der Waals surface area contributed by atoms with E-state index in [2.05, 4.69) is 22.5 Å². The summed E-state index contributed by atoms with van der Waals surface area (Å²) in [5.41, 5.74) is 3.63. The van der Waals surface area contributed by atoms with E-state index in [-0.39, 0.29) is 18.4 Å². The third-order valence-electron chi connectivity index (χ3n) is 6.23. The molecule has 162 valence electrons. The van der Waals surface area contributed by atoms with E-state index in [4.69, 9.17) is 0 Å². The number of rotatable bonds is 6. The zero-order chi connectivity index (χ0) is 21.3. The van der Waals surface area contributed by atoms with E-state index < -0.39 is 10.0 Å². The van der Waals surface area contributed by atoms with Gasteiger partial charge in [-0.15, -0.1) is 0 Å². The summed E-state index contributed by atoms with van der Waals surface area (Å²) in [6, 6.07) is 8.33. The normalized spacial score (nSPS) is 19.6. The Labute approximate surface area is 178 Å². The van der Waals surface area contributed by atoms with E-state index in [9.17, 15) is 13.2 Å². The summed E-state index contributed by atoms with van der Waals surface area (Å²) in [5.74, 6) is -0.0341. The number of benzene rings is 1. The minimum Gasteiger partial charge on any atom is -0.349 e. The second kappa shape index (κ2) is 8.51. The lowest BCUT2D eigenvalue weighted by Crippen LogP contribution is -2.31. The summed E-state index contributed by atoms with van der Waals surface area (Å²) in [5, 5.41) is 7.59. The Bertz CT molecular complexity index is 1040. The van der Waals surface area contributed by atoms with Crippen molar-refractivity contribution in [3.8, 4) is 0 Å². The van der Waals surface area contributed by atoms with E-state index in [1.807, 2.05) is 12.1 Å². The van der Waals surface area contributed by atoms with Crippen molar-refractivity contribution in [3.05, 3.63) is 46.8 Å². The van der Waals surface area contributed by atoms with Gasteiger partial charge in [-0.2, -0.15) is 9.40 Å². The van der Waals surface area contributed by atoms with Crippen LogP contribution in [0.3, 0.4) is 0 Å². The Kier molecular flexibility index (Phi) is 5.97. The standard InChI is InChI=1S/C22H30N4O3S/c1-16-22(30(28,29)25-13-5-6-14-25)17(2)26(24-16)15-12-21(27)23-20-11-7-9-18-8-3-4-10-19(18)20/h3-4,8,10,20H,5-7,9,11-15H2,1-2H3,(H,23,27)/t20-/m0/s1. The molecule has 7 nitrogen and oxygen atoms in total. The number of aromatic nitrogens is 2. The summed E-state index contributed by atoms with van der Waals surface area (Å²) in [6.07, 6.45) is 5.14. The molecule has 8 heteroatoms. The predicted molar refractivity (Wildman–Crippen MR) is 115 cm³/mol. The zero-order valence-corrected chi connectivity index (χ0v) is 18.5. The van der Waals surface area contributed by atoms with Gasteiger partial charge in [0.05, 0.1) is 24.0 Å². The van der Waals surface area contributed by atoms with Crippen LogP contribution in [0.5, 0.6) is 0 Å². The van der Waals surface area contributed by atoms with Gasteiger partial charge in [-0.1, -0.05) is 24.3 Å². The molecule has 1 saturated heterocycles. The summed E-state index contributed by atoms with van der Waals surface area (Å²) in [4.78, 5) is 12.9. The van der Waals surface area contributed by atoms with Crippen LogP contribution in [-0.2, 0) is 27.8 Å². The molecule has 1 aliphatic carbocycles. The quantitative estimate of drug-likeness (QED) is 0.764. The molecule has 1 aromatic carbocycles. The number of fused-ring (bicyclic) bond motifs is 1. The second-order valence-corrected chi connectivity index (χ2v) is 10.2. The highest BCUT2D eigenvalue weighted by Crippen LogP contribution is 2.30. The first-order valence-corrected chi connectivity index (χ1v) is 12.2. The van der Waals surface area contributed by atoms with E-state index in [1.165, 1.54) is 11.1 Å². The molecule has 0 unspecified atom stereocenters. The molecule has 0 bridgehead atoms. The zero-order valence-electron chi connectivity index (χ0n) is 17.7. The first kappa shape index (κ1) is 21.1. The molecule has 1 aliphatic heterocycles. The molecule has 1 atom stereocenters. The molecular weight excluding hydrogens is 400 g/mol. The first-order chi connectivity index (χ1) is 14.4. The average Bonchev–Trinajstić information content (AvgIpc) is 3.36. The Morgan fingerprint density at radius 1 is 1.17 bits per heavy atom. The van der Waals surface area contributed by atoms with Crippen molar-refractivity contribution in [2.24, 2.45) is 0 Å². The third kappa shape index (κ3) is 4.03. The van der Waals surface area contributed by atoms with Gasteiger partial charge in [0, 0.05) is 19.5 Å². The number of carbonyl (C=O) groups excluding carboxylic acids is 1. The van der Waals surface area contributed by atoms with Crippen molar-refractivity contribution < 1.29 is 13.2 Å². The van der Waals surface area contributed by atoms with E-state index >= 15 is 0 Å². The van der Waals surface area contributed by atoms with Gasteiger partial charge in [-0.25, -0.2) is 8.42 Å². The van der Waals surface area contributed by atoms with Crippen LogP contribution >= 0.6 is 0 Å². The Hall–Kier alpha value is -2.19. The lowest BCUT2D eigenvalue weighted by Gasteiger charge is -2.26. The fourth-order valence-electron chi connectivity index (χ4n) is 4.71. The van der Waals surface area contributed by atoms with Crippen LogP contribution in [0.1, 0.15) is 60.7 Å². The number of aryl methyl sites for hydroxylation is 3. The van der Waals surface area contributed by atoms with Gasteiger partial charge in [-0.05, 0) is 57.1 Å². The maximum absolute atomic E-state index is 13.0. The van der Waals surface area contributed by atoms with Crippen LogP contribution in [0, 0.1) is 13.8 Å². The number of nitrogens with one attached hydrogen (secondary N) is 1. The number of sulfonamides is 1. The van der Waals surface area contributed by atoms with Crippen LogP contribution in [0.4, 0.5) is 0 Å². The highest BCUT2D eigenvalue weighted by atomic mass is 32.2. The minimum absolute atomic E-state index is 0.0341. The van der Waals surface area contributed by atoms with Crippen LogP contribution < -0.4 is 5.32 Å². The topological polar surface area (TPSA) is 84.3 Å². The SMILES string of the molecule is Cc1nn(CCC(=O)N[C@H]2CCCc3ccccc32)c(C)c1S(=O)(=O)N1CCCC1. The van der Waals surface area contributed by atoms with Gasteiger partial charge < -0.3 is 5.32 Å². The van der Waals surface area contributed by atoms with Gasteiger partial charge >= 0.3 is 0 Å². The van der Waals surface area contributed by atoms with Gasteiger partial charge in [0.2, 0.25) is 15.9 Å². The van der Waals surface area contributed by atoms with E-state index in [0.717, 1.165) is 32.1 Å². The summed E-state index contributed by atoms with van der Waals surface area (Å²) in [6.45, 7) is 5.00. The Morgan fingerprint density at radius 3 is 2.67 bits per heavy atom. The summed E-state index contributed by atoms with van der Waals surface area (Å²) in [7, 11) is -3.52. The van der Waals surface area contributed by atoms with Crippen LogP contribution in [0.2, 0.25) is 0 Å². The summed E-state index contributed by atoms with van der Waals surface area (Å²) >= 11 is 0. The Balaban J connectivity index is 1.43. The molecule has 0 saturated carbocycles. The molecule has 2 aliphatic rings. The molecule has 1 N–H and O–H groups in total. The van der Waals surface area contributed by atoms with Crippen LogP contribution in [-0.4, -0.2) is 41.5 Å². The molecule has 2 heterocycles. The van der Waals surface area contributed by atoms with Gasteiger partial charge in [0.1, 0.15) is 4.90 Å². The van der Waals surface area contributed by atoms with Crippen molar-refractivity contribution in [2.45, 2.75) is 69.9 Å². The van der Waals surface area contributed by atoms with Gasteiger partial charge in [-0.3, -0.25) is 9.48 Å². The van der Waals surface area contributed by atoms with Gasteiger partial charge in [0.25, 0.3) is 0 Å². The smallest absolute Gasteiger partial charge is 0.246 e. The maximum Gasteiger partial charge on any atom is 0.246 e. The highest BCUT2D eigenvalue weighted by Gasteiger charge is 2.32. The first-order valence-electron chi connectivity index (χ1n) is 10.8. The van der Waals surface area contributed by atoms with E-state index in [0.29, 0.717) is 35.9 Å². The number of hydrogen-bond acceptors (Lipinski definition) is 4. The monoisotopic (exact) mass is 430 g/mol. The van der Waals surface area contributed by atoms with Crippen molar-refractivity contribution in [1.29, 1.82) is 0 Å². The molecule has 30 heavy (non-hydrogen) atoms. The van der Waals surface area contributed by atoms with Crippen molar-refractivity contribution in [1.82, 2.24) is 19.4 Å². The fourth-order valence-corrected chi connectivity index (χ4v) is 6.60. The average molecular weight is 431 g/mol.